The van der Waals surface area contributed by atoms with Crippen molar-refractivity contribution in [3.05, 3.63) is 40.5 Å². The number of aromatic nitrogens is 2. The Labute approximate surface area is 122 Å². The maximum atomic E-state index is 11.7. The molecule has 0 spiro atoms. The summed E-state index contributed by atoms with van der Waals surface area (Å²) < 4.78 is 5.41. The quantitative estimate of drug-likeness (QED) is 0.915. The van der Waals surface area contributed by atoms with Crippen LogP contribution in [0.2, 0.25) is 0 Å². The topological polar surface area (TPSA) is 96.5 Å². The fraction of sp³-hybridized carbons (Fsp3) is 0.167. The van der Waals surface area contributed by atoms with Gasteiger partial charge in [-0.05, 0) is 28.1 Å². The molecule has 0 atom stereocenters. The number of furan rings is 1. The molecular weight excluding hydrogens is 330 g/mol. The monoisotopic (exact) mass is 339 g/mol. The predicted octanol–water partition coefficient (Wildman–Crippen LogP) is 2.08. The van der Waals surface area contributed by atoms with E-state index in [0.29, 0.717) is 5.76 Å². The van der Waals surface area contributed by atoms with Crippen LogP contribution in [0.3, 0.4) is 0 Å². The number of carboxylic acid groups (broad SMARTS) is 1. The molecule has 8 heteroatoms. The van der Waals surface area contributed by atoms with Crippen molar-refractivity contribution in [3.8, 4) is 0 Å². The van der Waals surface area contributed by atoms with Gasteiger partial charge in [0, 0.05) is 13.1 Å². The summed E-state index contributed by atoms with van der Waals surface area (Å²) in [6, 6.07) is 3.39. The van der Waals surface area contributed by atoms with Crippen LogP contribution in [0.1, 0.15) is 23.2 Å². The third-order valence-corrected chi connectivity index (χ3v) is 3.03. The maximum Gasteiger partial charge on any atom is 0.355 e. The second kappa shape index (κ2) is 5.83. The number of amides is 1. The first-order valence-corrected chi connectivity index (χ1v) is 6.34. The van der Waals surface area contributed by atoms with Crippen molar-refractivity contribution in [2.45, 2.75) is 13.5 Å². The van der Waals surface area contributed by atoms with Crippen LogP contribution in [-0.4, -0.2) is 27.0 Å². The number of carbonyl (C=O) groups is 2. The Morgan fingerprint density at radius 2 is 2.25 bits per heavy atom. The first kappa shape index (κ1) is 14.2. The molecule has 2 aromatic heterocycles. The summed E-state index contributed by atoms with van der Waals surface area (Å²) in [6.07, 6.45) is 2.78. The number of carbonyl (C=O) groups excluding carboxylic acids is 1. The molecule has 2 rings (SSSR count). The lowest BCUT2D eigenvalue weighted by atomic mass is 10.4. The van der Waals surface area contributed by atoms with Gasteiger partial charge in [0.25, 0.3) is 0 Å². The van der Waals surface area contributed by atoms with E-state index in [-0.39, 0.29) is 28.6 Å². The fourth-order valence-corrected chi connectivity index (χ4v) is 1.88. The zero-order valence-electron chi connectivity index (χ0n) is 10.4. The lowest BCUT2D eigenvalue weighted by Gasteiger charge is -2.17. The number of hydrogen-bond donors (Lipinski definition) is 1. The van der Waals surface area contributed by atoms with Gasteiger partial charge < -0.3 is 9.52 Å². The van der Waals surface area contributed by atoms with Gasteiger partial charge in [-0.15, -0.1) is 0 Å². The first-order chi connectivity index (χ1) is 9.49. The van der Waals surface area contributed by atoms with Crippen LogP contribution in [0.4, 0.5) is 5.95 Å². The van der Waals surface area contributed by atoms with Gasteiger partial charge in [0.15, 0.2) is 5.69 Å². The van der Waals surface area contributed by atoms with Crippen molar-refractivity contribution in [2.24, 2.45) is 0 Å². The summed E-state index contributed by atoms with van der Waals surface area (Å²) in [4.78, 5) is 31.8. The summed E-state index contributed by atoms with van der Waals surface area (Å²) in [7, 11) is 0. The van der Waals surface area contributed by atoms with Crippen LogP contribution >= 0.6 is 15.9 Å². The van der Waals surface area contributed by atoms with E-state index < -0.39 is 5.97 Å². The summed E-state index contributed by atoms with van der Waals surface area (Å²) >= 11 is 3.05. The van der Waals surface area contributed by atoms with Crippen molar-refractivity contribution in [1.82, 2.24) is 9.97 Å². The summed E-state index contributed by atoms with van der Waals surface area (Å²) in [5.74, 6) is -0.972. The van der Waals surface area contributed by atoms with Gasteiger partial charge in [-0.3, -0.25) is 9.69 Å². The van der Waals surface area contributed by atoms with E-state index in [1.807, 2.05) is 0 Å². The van der Waals surface area contributed by atoms with Crippen molar-refractivity contribution >= 4 is 33.8 Å². The molecule has 0 unspecified atom stereocenters. The van der Waals surface area contributed by atoms with Gasteiger partial charge in [-0.25, -0.2) is 14.8 Å². The van der Waals surface area contributed by atoms with Gasteiger partial charge in [0.1, 0.15) is 5.76 Å². The number of anilines is 1. The van der Waals surface area contributed by atoms with Crippen molar-refractivity contribution < 1.29 is 19.1 Å². The molecule has 2 heterocycles. The van der Waals surface area contributed by atoms with E-state index in [4.69, 9.17) is 9.52 Å². The minimum atomic E-state index is -1.21. The van der Waals surface area contributed by atoms with Crippen LogP contribution in [0.15, 0.2) is 33.5 Å². The Morgan fingerprint density at radius 3 is 2.80 bits per heavy atom. The maximum absolute atomic E-state index is 11.7. The van der Waals surface area contributed by atoms with Gasteiger partial charge >= 0.3 is 5.97 Å². The zero-order chi connectivity index (χ0) is 14.7. The molecule has 0 bridgehead atoms. The van der Waals surface area contributed by atoms with E-state index in [9.17, 15) is 9.59 Å². The molecule has 20 heavy (non-hydrogen) atoms. The molecule has 0 aromatic carbocycles. The van der Waals surface area contributed by atoms with E-state index in [0.717, 1.165) is 0 Å². The molecule has 2 aromatic rings. The van der Waals surface area contributed by atoms with Gasteiger partial charge in [0.2, 0.25) is 11.9 Å². The van der Waals surface area contributed by atoms with Crippen LogP contribution in [0.25, 0.3) is 0 Å². The zero-order valence-corrected chi connectivity index (χ0v) is 12.0. The number of hydrogen-bond acceptors (Lipinski definition) is 5. The lowest BCUT2D eigenvalue weighted by molar-refractivity contribution is -0.116. The van der Waals surface area contributed by atoms with E-state index in [1.165, 1.54) is 24.3 Å². The molecular formula is C12H10BrN3O4. The van der Waals surface area contributed by atoms with Gasteiger partial charge in [-0.2, -0.15) is 0 Å². The molecule has 0 aliphatic heterocycles. The van der Waals surface area contributed by atoms with Gasteiger partial charge in [0.05, 0.1) is 17.3 Å². The normalized spacial score (nSPS) is 10.3. The highest BCUT2D eigenvalue weighted by Gasteiger charge is 2.20. The Kier molecular flexibility index (Phi) is 4.14. The molecule has 0 aliphatic rings. The van der Waals surface area contributed by atoms with Crippen LogP contribution < -0.4 is 4.90 Å². The third-order valence-electron chi connectivity index (χ3n) is 2.45. The minimum absolute atomic E-state index is 0.00880. The predicted molar refractivity (Wildman–Crippen MR) is 72.3 cm³/mol. The molecule has 104 valence electrons. The molecule has 1 amide bonds. The van der Waals surface area contributed by atoms with E-state index in [1.54, 1.807) is 12.1 Å². The largest absolute Gasteiger partial charge is 0.476 e. The molecule has 0 saturated carbocycles. The molecule has 0 aliphatic carbocycles. The average Bonchev–Trinajstić information content (AvgIpc) is 2.89. The van der Waals surface area contributed by atoms with Crippen molar-refractivity contribution in [2.75, 3.05) is 4.90 Å². The number of halogens is 1. The van der Waals surface area contributed by atoms with E-state index in [2.05, 4.69) is 25.9 Å². The van der Waals surface area contributed by atoms with Crippen LogP contribution in [0, 0.1) is 0 Å². The molecule has 0 saturated heterocycles. The second-order valence-electron chi connectivity index (χ2n) is 3.86. The molecule has 0 radical (unpaired) electrons. The van der Waals surface area contributed by atoms with Crippen molar-refractivity contribution in [3.63, 3.8) is 0 Å². The Morgan fingerprint density at radius 1 is 1.50 bits per heavy atom. The molecule has 7 nitrogen and oxygen atoms in total. The molecule has 1 N–H and O–H groups in total. The number of rotatable bonds is 4. The highest BCUT2D eigenvalue weighted by molar-refractivity contribution is 9.10. The van der Waals surface area contributed by atoms with Crippen LogP contribution in [0.5, 0.6) is 0 Å². The lowest BCUT2D eigenvalue weighted by Crippen LogP contribution is -2.30. The van der Waals surface area contributed by atoms with Crippen LogP contribution in [-0.2, 0) is 11.3 Å². The van der Waals surface area contributed by atoms with Gasteiger partial charge in [-0.1, -0.05) is 0 Å². The fourth-order valence-electron chi connectivity index (χ4n) is 1.52. The summed E-state index contributed by atoms with van der Waals surface area (Å²) in [5, 5.41) is 9.02. The highest BCUT2D eigenvalue weighted by atomic mass is 79.9. The average molecular weight is 340 g/mol. The Bertz CT molecular complexity index is 642. The Balaban J connectivity index is 2.37. The SMILES string of the molecule is CC(=O)N(Cc1ccco1)c1ncc(Br)c(C(=O)O)n1. The summed E-state index contributed by atoms with van der Waals surface area (Å²) in [5.41, 5.74) is -0.208. The summed E-state index contributed by atoms with van der Waals surface area (Å²) in [6.45, 7) is 1.47. The minimum Gasteiger partial charge on any atom is -0.476 e. The number of aromatic carboxylic acids is 1. The second-order valence-corrected chi connectivity index (χ2v) is 4.71. The van der Waals surface area contributed by atoms with Crippen molar-refractivity contribution in [1.29, 1.82) is 0 Å². The highest BCUT2D eigenvalue weighted by Crippen LogP contribution is 2.19. The molecule has 0 fully saturated rings. The first-order valence-electron chi connectivity index (χ1n) is 5.55. The third kappa shape index (κ3) is 3.02. The number of nitrogens with zero attached hydrogens (tertiary/aromatic N) is 3. The standard InChI is InChI=1S/C12H10BrN3O4/c1-7(17)16(6-8-3-2-4-20-8)12-14-5-9(13)10(15-12)11(18)19/h2-5H,6H2,1H3,(H,18,19). The smallest absolute Gasteiger partial charge is 0.355 e. The van der Waals surface area contributed by atoms with E-state index >= 15 is 0 Å². The number of carboxylic acids is 1. The Hall–Kier alpha value is -2.22.